The summed E-state index contributed by atoms with van der Waals surface area (Å²) in [7, 11) is -1.58. The van der Waals surface area contributed by atoms with Gasteiger partial charge in [-0.3, -0.25) is 9.48 Å². The van der Waals surface area contributed by atoms with Crippen LogP contribution in [0.25, 0.3) is 11.4 Å². The predicted molar refractivity (Wildman–Crippen MR) is 129 cm³/mol. The molecule has 1 amide bonds. The molecule has 1 fully saturated rings. The molecule has 0 radical (unpaired) electrons. The van der Waals surface area contributed by atoms with E-state index in [-0.39, 0.29) is 42.5 Å². The van der Waals surface area contributed by atoms with E-state index < -0.39 is 9.84 Å². The van der Waals surface area contributed by atoms with Gasteiger partial charge in [0.05, 0.1) is 35.5 Å². The van der Waals surface area contributed by atoms with E-state index in [1.807, 2.05) is 30.8 Å². The molecule has 0 atom stereocenters. The second kappa shape index (κ2) is 9.59. The van der Waals surface area contributed by atoms with Crippen LogP contribution in [0.5, 0.6) is 5.75 Å². The zero-order valence-electron chi connectivity index (χ0n) is 19.0. The maximum absolute atomic E-state index is 12.8. The van der Waals surface area contributed by atoms with E-state index in [0.717, 1.165) is 0 Å². The number of halogens is 1. The first kappa shape index (κ1) is 24.0. The van der Waals surface area contributed by atoms with Crippen LogP contribution in [0.4, 0.5) is 11.6 Å². The first-order valence-electron chi connectivity index (χ1n) is 10.7. The highest BCUT2D eigenvalue weighted by atomic mass is 35.5. The molecule has 180 valence electrons. The molecule has 0 unspecified atom stereocenters. The first-order valence-corrected chi connectivity index (χ1v) is 12.9. The maximum Gasteiger partial charge on any atom is 0.254 e. The Hall–Kier alpha value is -3.18. The third kappa shape index (κ3) is 5.15. The Morgan fingerprint density at radius 2 is 1.94 bits per heavy atom. The van der Waals surface area contributed by atoms with Crippen LogP contribution in [0.3, 0.4) is 0 Å². The number of ether oxygens (including phenoxy) is 1. The molecule has 12 heteroatoms. The average Bonchev–Trinajstić information content (AvgIpc) is 3.30. The van der Waals surface area contributed by atoms with Crippen LogP contribution >= 0.6 is 11.6 Å². The van der Waals surface area contributed by atoms with Crippen molar-refractivity contribution in [1.82, 2.24) is 24.6 Å². The van der Waals surface area contributed by atoms with Crippen LogP contribution in [0.1, 0.15) is 30.2 Å². The van der Waals surface area contributed by atoms with Crippen molar-refractivity contribution in [1.29, 1.82) is 0 Å². The van der Waals surface area contributed by atoms with E-state index in [2.05, 4.69) is 20.4 Å². The van der Waals surface area contributed by atoms with Crippen molar-refractivity contribution in [2.24, 2.45) is 0 Å². The molecule has 0 saturated carbocycles. The number of carbonyl (C=O) groups excluding carboxylic acids is 1. The molecule has 4 rings (SSSR count). The van der Waals surface area contributed by atoms with Crippen molar-refractivity contribution >= 4 is 39.0 Å². The fourth-order valence-corrected chi connectivity index (χ4v) is 4.89. The zero-order valence-corrected chi connectivity index (χ0v) is 20.6. The smallest absolute Gasteiger partial charge is 0.254 e. The normalized spacial score (nSPS) is 15.4. The van der Waals surface area contributed by atoms with Gasteiger partial charge in [-0.1, -0.05) is 11.6 Å². The summed E-state index contributed by atoms with van der Waals surface area (Å²) in [5.74, 6) is 0.407. The summed E-state index contributed by atoms with van der Waals surface area (Å²) < 4.78 is 30.6. The number of anilines is 2. The van der Waals surface area contributed by atoms with E-state index in [9.17, 15) is 13.2 Å². The molecular weight excluding hydrogens is 480 g/mol. The highest BCUT2D eigenvalue weighted by Crippen LogP contribution is 2.31. The lowest BCUT2D eigenvalue weighted by Gasteiger charge is -2.27. The molecule has 10 nitrogen and oxygen atoms in total. The molecule has 0 aliphatic carbocycles. The van der Waals surface area contributed by atoms with Crippen LogP contribution < -0.4 is 10.1 Å². The summed E-state index contributed by atoms with van der Waals surface area (Å²) in [6.07, 6.45) is 3.36. The van der Waals surface area contributed by atoms with Gasteiger partial charge in [0.1, 0.15) is 17.1 Å². The largest absolute Gasteiger partial charge is 0.495 e. The van der Waals surface area contributed by atoms with Gasteiger partial charge in [-0.25, -0.2) is 18.4 Å². The van der Waals surface area contributed by atoms with Crippen molar-refractivity contribution in [3.63, 3.8) is 0 Å². The number of rotatable bonds is 6. The van der Waals surface area contributed by atoms with Crippen LogP contribution in [0.15, 0.2) is 36.7 Å². The van der Waals surface area contributed by atoms with Crippen molar-refractivity contribution in [3.8, 4) is 17.1 Å². The zero-order chi connectivity index (χ0) is 24.5. The number of amides is 1. The van der Waals surface area contributed by atoms with Gasteiger partial charge in [-0.15, -0.1) is 0 Å². The highest BCUT2D eigenvalue weighted by molar-refractivity contribution is 7.91. The van der Waals surface area contributed by atoms with Gasteiger partial charge in [-0.05, 0) is 38.1 Å². The molecule has 3 aromatic rings. The Labute approximate surface area is 202 Å². The second-order valence-electron chi connectivity index (χ2n) is 8.15. The SMILES string of the molecule is COc1cc(C(=O)N2CCS(=O)(=O)CC2)ccc1Nc1ncc(Cl)c(-c2ccn(C(C)C)n2)n1. The van der Waals surface area contributed by atoms with Gasteiger partial charge in [0, 0.05) is 30.9 Å². The minimum absolute atomic E-state index is 0.0266. The van der Waals surface area contributed by atoms with E-state index >= 15 is 0 Å². The Morgan fingerprint density at radius 1 is 1.21 bits per heavy atom. The Balaban J connectivity index is 1.55. The molecular formula is C22H25ClN6O4S. The minimum atomic E-state index is -3.07. The van der Waals surface area contributed by atoms with Crippen molar-refractivity contribution in [3.05, 3.63) is 47.2 Å². The molecule has 0 spiro atoms. The fraction of sp³-hybridized carbons (Fsp3) is 0.364. The van der Waals surface area contributed by atoms with Gasteiger partial charge in [0.2, 0.25) is 5.95 Å². The van der Waals surface area contributed by atoms with Crippen molar-refractivity contribution < 1.29 is 17.9 Å². The van der Waals surface area contributed by atoms with E-state index in [1.165, 1.54) is 18.2 Å². The predicted octanol–water partition coefficient (Wildman–Crippen LogP) is 3.20. The summed E-state index contributed by atoms with van der Waals surface area (Å²) in [5.41, 5.74) is 2.07. The third-order valence-electron chi connectivity index (χ3n) is 5.45. The Morgan fingerprint density at radius 3 is 2.59 bits per heavy atom. The molecule has 1 N–H and O–H groups in total. The van der Waals surface area contributed by atoms with E-state index in [4.69, 9.17) is 16.3 Å². The Bertz CT molecular complexity index is 1310. The lowest BCUT2D eigenvalue weighted by atomic mass is 10.1. The summed E-state index contributed by atoms with van der Waals surface area (Å²) in [5, 5.41) is 7.99. The number of aromatic nitrogens is 4. The topological polar surface area (TPSA) is 119 Å². The number of hydrogen-bond acceptors (Lipinski definition) is 8. The third-order valence-corrected chi connectivity index (χ3v) is 7.34. The Kier molecular flexibility index (Phi) is 6.76. The first-order chi connectivity index (χ1) is 16.2. The molecule has 1 aromatic carbocycles. The van der Waals surface area contributed by atoms with Crippen LogP contribution in [-0.2, 0) is 9.84 Å². The van der Waals surface area contributed by atoms with Gasteiger partial charge in [-0.2, -0.15) is 5.10 Å². The van der Waals surface area contributed by atoms with E-state index in [0.29, 0.717) is 33.4 Å². The number of sulfone groups is 1. The fourth-order valence-electron chi connectivity index (χ4n) is 3.50. The molecule has 2 aromatic heterocycles. The standard InChI is InChI=1S/C22H25ClN6O4S/c1-14(2)29-7-6-18(27-29)20-16(23)13-24-22(26-20)25-17-5-4-15(12-19(17)33-3)21(30)28-8-10-34(31,32)11-9-28/h4-7,12-14H,8-11H2,1-3H3,(H,24,25,26). The number of methoxy groups -OCH3 is 1. The monoisotopic (exact) mass is 504 g/mol. The van der Waals surface area contributed by atoms with Gasteiger partial charge >= 0.3 is 0 Å². The van der Waals surface area contributed by atoms with Gasteiger partial charge in [0.25, 0.3) is 5.91 Å². The number of nitrogens with one attached hydrogen (secondary N) is 1. The number of hydrogen-bond donors (Lipinski definition) is 1. The average molecular weight is 505 g/mol. The van der Waals surface area contributed by atoms with Crippen LogP contribution in [-0.4, -0.2) is 70.7 Å². The molecule has 1 saturated heterocycles. The number of carbonyl (C=O) groups is 1. The minimum Gasteiger partial charge on any atom is -0.495 e. The quantitative estimate of drug-likeness (QED) is 0.543. The van der Waals surface area contributed by atoms with Crippen molar-refractivity contribution in [2.75, 3.05) is 37.0 Å². The molecule has 0 bridgehead atoms. The number of benzene rings is 1. The summed E-state index contributed by atoms with van der Waals surface area (Å²) in [4.78, 5) is 23.1. The maximum atomic E-state index is 12.8. The molecule has 34 heavy (non-hydrogen) atoms. The second-order valence-corrected chi connectivity index (χ2v) is 10.9. The molecule has 1 aliphatic heterocycles. The van der Waals surface area contributed by atoms with Crippen LogP contribution in [0, 0.1) is 0 Å². The van der Waals surface area contributed by atoms with Gasteiger partial charge in [0.15, 0.2) is 9.84 Å². The van der Waals surface area contributed by atoms with Gasteiger partial charge < -0.3 is 15.0 Å². The summed E-state index contributed by atoms with van der Waals surface area (Å²) in [6, 6.07) is 6.99. The summed E-state index contributed by atoms with van der Waals surface area (Å²) in [6.45, 7) is 4.41. The van der Waals surface area contributed by atoms with Crippen LogP contribution in [0.2, 0.25) is 5.02 Å². The van der Waals surface area contributed by atoms with Crippen molar-refractivity contribution in [2.45, 2.75) is 19.9 Å². The number of nitrogens with zero attached hydrogens (tertiary/aromatic N) is 5. The summed E-state index contributed by atoms with van der Waals surface area (Å²) >= 11 is 6.32. The molecule has 3 heterocycles. The molecule has 1 aliphatic rings. The lowest BCUT2D eigenvalue weighted by Crippen LogP contribution is -2.43. The highest BCUT2D eigenvalue weighted by Gasteiger charge is 2.26. The van der Waals surface area contributed by atoms with E-state index in [1.54, 1.807) is 18.2 Å². The lowest BCUT2D eigenvalue weighted by molar-refractivity contribution is 0.0770.